The van der Waals surface area contributed by atoms with Gasteiger partial charge in [-0.1, -0.05) is 6.92 Å². The van der Waals surface area contributed by atoms with E-state index in [-0.39, 0.29) is 12.0 Å². The van der Waals surface area contributed by atoms with Gasteiger partial charge < -0.3 is 4.98 Å². The predicted molar refractivity (Wildman–Crippen MR) is 68.1 cm³/mol. The third kappa shape index (κ3) is 3.05. The highest BCUT2D eigenvalue weighted by atomic mass is 19.1. The van der Waals surface area contributed by atoms with E-state index in [9.17, 15) is 13.6 Å². The highest BCUT2D eigenvalue weighted by Gasteiger charge is 2.08. The topological polar surface area (TPSA) is 45.8 Å². The lowest BCUT2D eigenvalue weighted by Crippen LogP contribution is -2.17. The first-order valence-corrected chi connectivity index (χ1v) is 6.03. The first-order valence-electron chi connectivity index (χ1n) is 6.03. The minimum Gasteiger partial charge on any atom is -0.310 e. The van der Waals surface area contributed by atoms with E-state index >= 15 is 0 Å². The van der Waals surface area contributed by atoms with Crippen molar-refractivity contribution in [1.82, 2.24) is 9.97 Å². The fourth-order valence-electron chi connectivity index (χ4n) is 1.96. The molecule has 0 aliphatic carbocycles. The van der Waals surface area contributed by atoms with Crippen LogP contribution in [-0.2, 0) is 12.8 Å². The fraction of sp³-hybridized carbons (Fsp3) is 0.286. The van der Waals surface area contributed by atoms with Gasteiger partial charge in [0.1, 0.15) is 17.5 Å². The van der Waals surface area contributed by atoms with Crippen LogP contribution in [0.5, 0.6) is 0 Å². The van der Waals surface area contributed by atoms with Crippen molar-refractivity contribution in [1.29, 1.82) is 0 Å². The van der Waals surface area contributed by atoms with Gasteiger partial charge in [0.25, 0.3) is 5.56 Å². The molecule has 0 fully saturated rings. The summed E-state index contributed by atoms with van der Waals surface area (Å²) in [6, 6.07) is 3.27. The third-order valence-electron chi connectivity index (χ3n) is 2.93. The van der Waals surface area contributed by atoms with Crippen molar-refractivity contribution in [2.45, 2.75) is 26.7 Å². The zero-order valence-electron chi connectivity index (χ0n) is 10.8. The van der Waals surface area contributed by atoms with E-state index in [1.807, 2.05) is 6.92 Å². The molecule has 1 aromatic carbocycles. The number of halogens is 2. The highest BCUT2D eigenvalue weighted by molar-refractivity contribution is 5.23. The van der Waals surface area contributed by atoms with Gasteiger partial charge in [0.05, 0.1) is 5.69 Å². The molecule has 0 aliphatic rings. The van der Waals surface area contributed by atoms with E-state index in [0.29, 0.717) is 29.1 Å². The Morgan fingerprint density at radius 1 is 1.21 bits per heavy atom. The Hall–Kier alpha value is -2.04. The van der Waals surface area contributed by atoms with Crippen LogP contribution < -0.4 is 5.56 Å². The molecule has 1 aromatic heterocycles. The summed E-state index contributed by atoms with van der Waals surface area (Å²) < 4.78 is 26.2. The lowest BCUT2D eigenvalue weighted by Gasteiger charge is -2.06. The summed E-state index contributed by atoms with van der Waals surface area (Å²) in [5.41, 5.74) is 1.51. The van der Waals surface area contributed by atoms with Gasteiger partial charge in [-0.25, -0.2) is 13.8 Å². The Kier molecular flexibility index (Phi) is 3.74. The molecule has 5 heteroatoms. The number of nitrogens with one attached hydrogen (secondary N) is 1. The van der Waals surface area contributed by atoms with Gasteiger partial charge in [-0.05, 0) is 31.0 Å². The molecular formula is C14H14F2N2O. The molecule has 0 atom stereocenters. The minimum atomic E-state index is -0.639. The molecule has 0 radical (unpaired) electrons. The zero-order valence-corrected chi connectivity index (χ0v) is 10.8. The number of aryl methyl sites for hydroxylation is 1. The molecule has 3 nitrogen and oxygen atoms in total. The Bertz CT molecular complexity index is 645. The Labute approximate surface area is 109 Å². The Morgan fingerprint density at radius 2 is 1.84 bits per heavy atom. The van der Waals surface area contributed by atoms with Crippen molar-refractivity contribution >= 4 is 0 Å². The van der Waals surface area contributed by atoms with Crippen LogP contribution in [-0.4, -0.2) is 9.97 Å². The van der Waals surface area contributed by atoms with Crippen molar-refractivity contribution in [2.24, 2.45) is 0 Å². The van der Waals surface area contributed by atoms with Crippen molar-refractivity contribution in [2.75, 3.05) is 0 Å². The maximum atomic E-state index is 13.1. The molecule has 2 aromatic rings. The van der Waals surface area contributed by atoms with Gasteiger partial charge in [-0.15, -0.1) is 0 Å². The van der Waals surface area contributed by atoms with Crippen LogP contribution in [0.1, 0.15) is 29.6 Å². The second-order valence-electron chi connectivity index (χ2n) is 4.39. The van der Waals surface area contributed by atoms with Crippen LogP contribution in [0.2, 0.25) is 0 Å². The molecule has 1 N–H and O–H groups in total. The molecule has 2 rings (SSSR count). The van der Waals surface area contributed by atoms with E-state index in [2.05, 4.69) is 9.97 Å². The predicted octanol–water partition coefficient (Wildman–Crippen LogP) is 2.51. The van der Waals surface area contributed by atoms with Gasteiger partial charge in [-0.3, -0.25) is 4.79 Å². The first kappa shape index (κ1) is 13.4. The average molecular weight is 264 g/mol. The fourth-order valence-corrected chi connectivity index (χ4v) is 1.96. The monoisotopic (exact) mass is 264 g/mol. The molecule has 0 saturated heterocycles. The summed E-state index contributed by atoms with van der Waals surface area (Å²) >= 11 is 0. The van der Waals surface area contributed by atoms with Crippen LogP contribution in [0, 0.1) is 18.6 Å². The van der Waals surface area contributed by atoms with Crippen molar-refractivity contribution in [3.8, 4) is 0 Å². The summed E-state index contributed by atoms with van der Waals surface area (Å²) in [6.07, 6.45) is 0.831. The van der Waals surface area contributed by atoms with Crippen LogP contribution in [0.4, 0.5) is 8.78 Å². The third-order valence-corrected chi connectivity index (χ3v) is 2.93. The van der Waals surface area contributed by atoms with Gasteiger partial charge in [0.2, 0.25) is 0 Å². The number of H-pyrrole nitrogens is 1. The van der Waals surface area contributed by atoms with Gasteiger partial charge in [-0.2, -0.15) is 0 Å². The van der Waals surface area contributed by atoms with Crippen LogP contribution in [0.25, 0.3) is 0 Å². The number of hydrogen-bond donors (Lipinski definition) is 1. The lowest BCUT2D eigenvalue weighted by molar-refractivity contribution is 0.580. The minimum absolute atomic E-state index is 0.192. The summed E-state index contributed by atoms with van der Waals surface area (Å²) in [7, 11) is 0. The summed E-state index contributed by atoms with van der Waals surface area (Å²) in [4.78, 5) is 18.6. The first-order chi connectivity index (χ1) is 8.99. The molecule has 0 unspecified atom stereocenters. The molecular weight excluding hydrogens is 250 g/mol. The van der Waals surface area contributed by atoms with Crippen molar-refractivity contribution in [3.63, 3.8) is 0 Å². The SMILES string of the molecule is CCc1nc(Cc2cc(F)cc(F)c2)[nH]c(=O)c1C. The van der Waals surface area contributed by atoms with Gasteiger partial charge in [0.15, 0.2) is 0 Å². The number of aromatic amines is 1. The molecule has 100 valence electrons. The van der Waals surface area contributed by atoms with Crippen molar-refractivity contribution in [3.05, 3.63) is 62.8 Å². The molecule has 0 bridgehead atoms. The molecule has 0 aliphatic heterocycles. The number of aromatic nitrogens is 2. The van der Waals surface area contributed by atoms with E-state index in [0.717, 1.165) is 6.07 Å². The lowest BCUT2D eigenvalue weighted by atomic mass is 10.1. The normalized spacial score (nSPS) is 10.7. The molecule has 1 heterocycles. The molecule has 0 amide bonds. The average Bonchev–Trinajstić information content (AvgIpc) is 2.32. The Balaban J connectivity index is 2.38. The summed E-state index contributed by atoms with van der Waals surface area (Å²) in [5.74, 6) is -0.863. The molecule has 0 saturated carbocycles. The highest BCUT2D eigenvalue weighted by Crippen LogP contribution is 2.11. The standard InChI is InChI=1S/C14H14F2N2O/c1-3-12-8(2)14(19)18-13(17-12)6-9-4-10(15)7-11(16)5-9/h4-5,7H,3,6H2,1-2H3,(H,17,18,19). The summed E-state index contributed by atoms with van der Waals surface area (Å²) in [6.45, 7) is 3.61. The number of benzene rings is 1. The largest absolute Gasteiger partial charge is 0.310 e. The van der Waals surface area contributed by atoms with Crippen LogP contribution in [0.15, 0.2) is 23.0 Å². The van der Waals surface area contributed by atoms with E-state index in [1.54, 1.807) is 6.92 Å². The van der Waals surface area contributed by atoms with Crippen LogP contribution in [0.3, 0.4) is 0 Å². The second-order valence-corrected chi connectivity index (χ2v) is 4.39. The maximum absolute atomic E-state index is 13.1. The number of rotatable bonds is 3. The van der Waals surface area contributed by atoms with Gasteiger partial charge >= 0.3 is 0 Å². The number of nitrogens with zero attached hydrogens (tertiary/aromatic N) is 1. The van der Waals surface area contributed by atoms with E-state index in [1.165, 1.54) is 12.1 Å². The molecule has 19 heavy (non-hydrogen) atoms. The van der Waals surface area contributed by atoms with Crippen LogP contribution >= 0.6 is 0 Å². The molecule has 0 spiro atoms. The number of hydrogen-bond acceptors (Lipinski definition) is 2. The van der Waals surface area contributed by atoms with Crippen molar-refractivity contribution < 1.29 is 8.78 Å². The second kappa shape index (κ2) is 5.30. The van der Waals surface area contributed by atoms with E-state index < -0.39 is 11.6 Å². The zero-order chi connectivity index (χ0) is 14.0. The van der Waals surface area contributed by atoms with E-state index in [4.69, 9.17) is 0 Å². The van der Waals surface area contributed by atoms with Gasteiger partial charge in [0, 0.05) is 18.1 Å². The smallest absolute Gasteiger partial charge is 0.254 e. The quantitative estimate of drug-likeness (QED) is 0.925. The summed E-state index contributed by atoms with van der Waals surface area (Å²) in [5, 5.41) is 0. The Morgan fingerprint density at radius 3 is 2.42 bits per heavy atom. The maximum Gasteiger partial charge on any atom is 0.254 e.